The van der Waals surface area contributed by atoms with Crippen LogP contribution in [-0.2, 0) is 14.3 Å². The molecule has 9 heteroatoms. The Morgan fingerprint density at radius 1 is 1.16 bits per heavy atom. The molecule has 1 atom stereocenters. The van der Waals surface area contributed by atoms with Crippen molar-refractivity contribution >= 4 is 41.0 Å². The van der Waals surface area contributed by atoms with Crippen molar-refractivity contribution < 1.29 is 28.7 Å². The summed E-state index contributed by atoms with van der Waals surface area (Å²) in [5.41, 5.74) is 1.81. The molecule has 1 N–H and O–H groups in total. The summed E-state index contributed by atoms with van der Waals surface area (Å²) >= 11 is 6.03. The van der Waals surface area contributed by atoms with Gasteiger partial charge in [0, 0.05) is 17.3 Å². The molecular formula is C23H21ClN2O6. The molecule has 0 radical (unpaired) electrons. The molecule has 8 nitrogen and oxygen atoms in total. The molecule has 0 aromatic heterocycles. The fourth-order valence-corrected chi connectivity index (χ4v) is 3.84. The summed E-state index contributed by atoms with van der Waals surface area (Å²) in [7, 11) is 0. The number of hydrogen-bond donors (Lipinski definition) is 1. The van der Waals surface area contributed by atoms with Crippen molar-refractivity contribution in [3.63, 3.8) is 0 Å². The highest BCUT2D eigenvalue weighted by Crippen LogP contribution is 2.26. The van der Waals surface area contributed by atoms with Crippen molar-refractivity contribution in [2.75, 3.05) is 25.1 Å². The molecule has 0 spiro atoms. The molecule has 0 saturated carbocycles. The number of imide groups is 1. The summed E-state index contributed by atoms with van der Waals surface area (Å²) in [5, 5.41) is 3.10. The number of nitrogens with zero attached hydrogens (tertiary/aromatic N) is 1. The van der Waals surface area contributed by atoms with Gasteiger partial charge in [0.15, 0.2) is 6.61 Å². The highest BCUT2D eigenvalue weighted by Gasteiger charge is 2.38. The quantitative estimate of drug-likeness (QED) is 0.529. The Hall–Kier alpha value is -3.23. The molecule has 2 heterocycles. The van der Waals surface area contributed by atoms with E-state index in [0.717, 1.165) is 23.3 Å². The minimum atomic E-state index is -0.775. The second-order valence-electron chi connectivity index (χ2n) is 7.70. The first-order valence-electron chi connectivity index (χ1n) is 10.2. The maximum absolute atomic E-state index is 12.7. The van der Waals surface area contributed by atoms with Crippen LogP contribution in [0.4, 0.5) is 5.69 Å². The molecule has 0 unspecified atom stereocenters. The van der Waals surface area contributed by atoms with Gasteiger partial charge in [0.05, 0.1) is 29.3 Å². The third kappa shape index (κ3) is 4.51. The van der Waals surface area contributed by atoms with E-state index in [1.807, 2.05) is 6.92 Å². The Bertz CT molecular complexity index is 1110. The first-order chi connectivity index (χ1) is 15.3. The predicted octanol–water partition coefficient (Wildman–Crippen LogP) is 3.22. The van der Waals surface area contributed by atoms with Crippen molar-refractivity contribution in [3.05, 3.63) is 63.7 Å². The number of aryl methyl sites for hydroxylation is 1. The summed E-state index contributed by atoms with van der Waals surface area (Å²) in [6.07, 6.45) is 1.53. The van der Waals surface area contributed by atoms with E-state index in [1.54, 1.807) is 18.2 Å². The average Bonchev–Trinajstić information content (AvgIpc) is 3.37. The number of anilines is 1. The minimum absolute atomic E-state index is 0.0787. The lowest BCUT2D eigenvalue weighted by Gasteiger charge is -2.17. The molecule has 2 aromatic carbocycles. The summed E-state index contributed by atoms with van der Waals surface area (Å²) < 4.78 is 10.6. The van der Waals surface area contributed by atoms with Crippen LogP contribution in [0.15, 0.2) is 36.4 Å². The Labute approximate surface area is 189 Å². The van der Waals surface area contributed by atoms with Gasteiger partial charge in [-0.1, -0.05) is 17.7 Å². The van der Waals surface area contributed by atoms with Crippen LogP contribution >= 0.6 is 11.6 Å². The normalized spacial score (nSPS) is 17.4. The van der Waals surface area contributed by atoms with Crippen molar-refractivity contribution in [1.29, 1.82) is 0 Å². The molecule has 32 heavy (non-hydrogen) atoms. The number of hydrogen-bond acceptors (Lipinski definition) is 6. The number of halogens is 1. The Kier molecular flexibility index (Phi) is 6.25. The van der Waals surface area contributed by atoms with E-state index in [4.69, 9.17) is 21.1 Å². The highest BCUT2D eigenvalue weighted by molar-refractivity contribution is 6.31. The first kappa shape index (κ1) is 22.0. The van der Waals surface area contributed by atoms with Crippen LogP contribution in [0.2, 0.25) is 5.02 Å². The van der Waals surface area contributed by atoms with Crippen LogP contribution in [0, 0.1) is 6.92 Å². The molecule has 2 aromatic rings. The number of fused-ring (bicyclic) bond motifs is 1. The number of esters is 1. The molecule has 0 bridgehead atoms. The molecule has 3 amide bonds. The van der Waals surface area contributed by atoms with E-state index in [1.165, 1.54) is 18.2 Å². The predicted molar refractivity (Wildman–Crippen MR) is 116 cm³/mol. The number of amides is 3. The van der Waals surface area contributed by atoms with Gasteiger partial charge in [-0.2, -0.15) is 0 Å². The minimum Gasteiger partial charge on any atom is -0.452 e. The van der Waals surface area contributed by atoms with E-state index in [9.17, 15) is 19.2 Å². The molecule has 2 aliphatic rings. The van der Waals surface area contributed by atoms with Gasteiger partial charge in [-0.3, -0.25) is 19.3 Å². The van der Waals surface area contributed by atoms with Crippen molar-refractivity contribution in [2.45, 2.75) is 25.9 Å². The number of rotatable bonds is 6. The van der Waals surface area contributed by atoms with Gasteiger partial charge in [0.2, 0.25) is 0 Å². The Morgan fingerprint density at radius 3 is 2.66 bits per heavy atom. The smallest absolute Gasteiger partial charge is 0.338 e. The van der Waals surface area contributed by atoms with E-state index in [0.29, 0.717) is 17.3 Å². The van der Waals surface area contributed by atoms with Gasteiger partial charge in [-0.15, -0.1) is 0 Å². The SMILES string of the molecule is Cc1ccc(NC(=O)COC(=O)c2ccc3c(c2)C(=O)N(C[C@H]2CCCO2)C3=O)cc1Cl. The number of carbonyl (C=O) groups excluding carboxylic acids is 4. The Balaban J connectivity index is 1.37. The standard InChI is InChI=1S/C23H21ClN2O6/c1-13-4-6-15(10-19(13)24)25-20(27)12-32-23(30)14-5-7-17-18(9-14)22(29)26(21(17)28)11-16-3-2-8-31-16/h4-7,9-10,16H,2-3,8,11-12H2,1H3,(H,25,27)/t16-/m1/s1. The monoisotopic (exact) mass is 456 g/mol. The molecular weight excluding hydrogens is 436 g/mol. The second kappa shape index (κ2) is 9.10. The van der Waals surface area contributed by atoms with Crippen LogP contribution in [0.3, 0.4) is 0 Å². The number of nitrogens with one attached hydrogen (secondary N) is 1. The molecule has 166 valence electrons. The number of ether oxygens (including phenoxy) is 2. The van der Waals surface area contributed by atoms with Crippen molar-refractivity contribution in [1.82, 2.24) is 4.90 Å². The Morgan fingerprint density at radius 2 is 1.94 bits per heavy atom. The van der Waals surface area contributed by atoms with Crippen LogP contribution in [0.5, 0.6) is 0 Å². The molecule has 2 aliphatic heterocycles. The van der Waals surface area contributed by atoms with Crippen LogP contribution in [0.1, 0.15) is 49.5 Å². The van der Waals surface area contributed by atoms with Crippen LogP contribution in [0.25, 0.3) is 0 Å². The lowest BCUT2D eigenvalue weighted by atomic mass is 10.1. The van der Waals surface area contributed by atoms with Crippen LogP contribution in [-0.4, -0.2) is 54.5 Å². The number of benzene rings is 2. The van der Waals surface area contributed by atoms with Crippen molar-refractivity contribution in [3.8, 4) is 0 Å². The van der Waals surface area contributed by atoms with E-state index in [2.05, 4.69) is 5.32 Å². The highest BCUT2D eigenvalue weighted by atomic mass is 35.5. The zero-order chi connectivity index (χ0) is 22.8. The maximum Gasteiger partial charge on any atom is 0.338 e. The van der Waals surface area contributed by atoms with Crippen molar-refractivity contribution in [2.24, 2.45) is 0 Å². The molecule has 1 saturated heterocycles. The fourth-order valence-electron chi connectivity index (χ4n) is 3.66. The van der Waals surface area contributed by atoms with E-state index < -0.39 is 30.3 Å². The topological polar surface area (TPSA) is 102 Å². The molecule has 0 aliphatic carbocycles. The largest absolute Gasteiger partial charge is 0.452 e. The lowest BCUT2D eigenvalue weighted by molar-refractivity contribution is -0.119. The van der Waals surface area contributed by atoms with Gasteiger partial charge in [0.1, 0.15) is 0 Å². The fraction of sp³-hybridized carbons (Fsp3) is 0.304. The summed E-state index contributed by atoms with van der Waals surface area (Å²) in [4.78, 5) is 50.9. The van der Waals surface area contributed by atoms with Crippen LogP contribution < -0.4 is 5.32 Å². The third-order valence-corrected chi connectivity index (χ3v) is 5.81. The van der Waals surface area contributed by atoms with Gasteiger partial charge >= 0.3 is 5.97 Å². The third-order valence-electron chi connectivity index (χ3n) is 5.41. The summed E-state index contributed by atoms with van der Waals surface area (Å²) in [6, 6.07) is 9.20. The maximum atomic E-state index is 12.7. The summed E-state index contributed by atoms with van der Waals surface area (Å²) in [6.45, 7) is 2.13. The second-order valence-corrected chi connectivity index (χ2v) is 8.11. The first-order valence-corrected chi connectivity index (χ1v) is 10.6. The zero-order valence-electron chi connectivity index (χ0n) is 17.4. The number of carbonyl (C=O) groups is 4. The lowest BCUT2D eigenvalue weighted by Crippen LogP contribution is -2.36. The molecule has 1 fully saturated rings. The zero-order valence-corrected chi connectivity index (χ0v) is 18.1. The van der Waals surface area contributed by atoms with E-state index in [-0.39, 0.29) is 29.3 Å². The van der Waals surface area contributed by atoms with Gasteiger partial charge in [-0.05, 0) is 55.7 Å². The molecule has 4 rings (SSSR count). The van der Waals surface area contributed by atoms with E-state index >= 15 is 0 Å². The van der Waals surface area contributed by atoms with Gasteiger partial charge in [-0.25, -0.2) is 4.79 Å². The van der Waals surface area contributed by atoms with Gasteiger partial charge in [0.25, 0.3) is 17.7 Å². The van der Waals surface area contributed by atoms with Gasteiger partial charge < -0.3 is 14.8 Å². The summed E-state index contributed by atoms with van der Waals surface area (Å²) in [5.74, 6) is -2.18. The average molecular weight is 457 g/mol.